The first-order valence-electron chi connectivity index (χ1n) is 17.4. The molecule has 0 aromatic carbocycles. The fraction of sp³-hybridized carbons (Fsp3) is 0.771. The van der Waals surface area contributed by atoms with Gasteiger partial charge in [0.25, 0.3) is 0 Å². The standard InChI is InChI=1S/C35H59N3O5S.ClH/c1-4-6-7-8-9-10-11-12-13-14-15-16-17-18-19-21-24-36-34(40)42-28-32-26-33(44-32)29-43-35(41)38(30(3)39)27-31-23-20-22-25-37(31)5-2;/h20,22-23,25,32-33H,4-19,21,24,26-29H2,1-3H3;1H/t32-,33-;/m1./s1. The van der Waals surface area contributed by atoms with Gasteiger partial charge in [0.05, 0.1) is 0 Å². The van der Waals surface area contributed by atoms with Gasteiger partial charge in [-0.3, -0.25) is 4.79 Å². The molecule has 1 fully saturated rings. The number of imide groups is 1. The van der Waals surface area contributed by atoms with Crippen LogP contribution in [0.15, 0.2) is 24.4 Å². The summed E-state index contributed by atoms with van der Waals surface area (Å²) < 4.78 is 12.8. The van der Waals surface area contributed by atoms with Crippen molar-refractivity contribution in [2.45, 2.75) is 154 Å². The number of hydrogen-bond donors (Lipinski definition) is 1. The van der Waals surface area contributed by atoms with E-state index in [4.69, 9.17) is 9.47 Å². The number of nitrogens with zero attached hydrogens (tertiary/aromatic N) is 2. The Bertz CT molecular complexity index is 948. The topological polar surface area (TPSA) is 88.8 Å². The van der Waals surface area contributed by atoms with Gasteiger partial charge in [-0.15, -0.1) is 11.8 Å². The number of carbonyl (C=O) groups is 3. The fourth-order valence-corrected chi connectivity index (χ4v) is 6.69. The minimum absolute atomic E-state index is 0. The molecular weight excluding hydrogens is 610 g/mol. The van der Waals surface area contributed by atoms with E-state index in [1.165, 1.54) is 96.8 Å². The second-order valence-electron chi connectivity index (χ2n) is 12.1. The van der Waals surface area contributed by atoms with Crippen molar-refractivity contribution >= 4 is 29.9 Å². The molecule has 8 nitrogen and oxygen atoms in total. The minimum Gasteiger partial charge on any atom is -1.00 e. The van der Waals surface area contributed by atoms with E-state index in [0.29, 0.717) is 13.2 Å². The molecule has 1 aliphatic heterocycles. The van der Waals surface area contributed by atoms with Gasteiger partial charge in [-0.05, 0) is 19.8 Å². The molecule has 2 heterocycles. The van der Waals surface area contributed by atoms with Crippen LogP contribution in [-0.2, 0) is 27.4 Å². The molecule has 45 heavy (non-hydrogen) atoms. The van der Waals surface area contributed by atoms with Crippen molar-refractivity contribution < 1.29 is 40.8 Å². The number of rotatable bonds is 24. The number of carbonyl (C=O) groups excluding carboxylic acids is 3. The van der Waals surface area contributed by atoms with E-state index in [1.807, 2.05) is 35.9 Å². The second-order valence-corrected chi connectivity index (χ2v) is 13.7. The van der Waals surface area contributed by atoms with Crippen LogP contribution in [-0.4, -0.2) is 53.3 Å². The molecule has 0 radical (unpaired) electrons. The number of aromatic nitrogens is 1. The average molecular weight is 670 g/mol. The summed E-state index contributed by atoms with van der Waals surface area (Å²) in [4.78, 5) is 37.9. The van der Waals surface area contributed by atoms with Gasteiger partial charge in [-0.25, -0.2) is 19.1 Å². The lowest BCUT2D eigenvalue weighted by molar-refractivity contribution is -0.701. The molecule has 2 atom stereocenters. The molecule has 2 rings (SSSR count). The van der Waals surface area contributed by atoms with Crippen LogP contribution in [0, 0.1) is 0 Å². The normalized spacial score (nSPS) is 15.4. The average Bonchev–Trinajstić information content (AvgIpc) is 3.00. The monoisotopic (exact) mass is 669 g/mol. The van der Waals surface area contributed by atoms with E-state index in [-0.39, 0.29) is 48.1 Å². The lowest BCUT2D eigenvalue weighted by atomic mass is 10.0. The highest BCUT2D eigenvalue weighted by Crippen LogP contribution is 2.37. The molecule has 0 saturated carbocycles. The van der Waals surface area contributed by atoms with E-state index in [2.05, 4.69) is 12.2 Å². The third-order valence-corrected chi connectivity index (χ3v) is 9.73. The zero-order chi connectivity index (χ0) is 31.8. The highest BCUT2D eigenvalue weighted by atomic mass is 35.5. The third kappa shape index (κ3) is 18.7. The van der Waals surface area contributed by atoms with Crippen LogP contribution in [0.1, 0.15) is 136 Å². The molecule has 0 unspecified atom stereocenters. The van der Waals surface area contributed by atoms with Crippen molar-refractivity contribution in [2.75, 3.05) is 19.8 Å². The Hall–Kier alpha value is -2.00. The Morgan fingerprint density at radius 3 is 1.84 bits per heavy atom. The SMILES string of the molecule is CCCCCCCCCCCCCCCCCCNC(=O)OC[C@H]1C[C@H](COC(=O)N(Cc2cccc[n+]2CC)C(C)=O)S1.[Cl-]. The summed E-state index contributed by atoms with van der Waals surface area (Å²) in [5.74, 6) is -0.348. The number of ether oxygens (including phenoxy) is 2. The molecular formula is C35H60ClN3O5S. The summed E-state index contributed by atoms with van der Waals surface area (Å²) in [6, 6.07) is 5.71. The highest BCUT2D eigenvalue weighted by molar-refractivity contribution is 8.01. The zero-order valence-electron chi connectivity index (χ0n) is 28.2. The number of aryl methyl sites for hydroxylation is 1. The second kappa shape index (κ2) is 26.1. The van der Waals surface area contributed by atoms with Crippen LogP contribution < -0.4 is 22.3 Å². The predicted molar refractivity (Wildman–Crippen MR) is 179 cm³/mol. The van der Waals surface area contributed by atoms with Crippen LogP contribution in [0.5, 0.6) is 0 Å². The predicted octanol–water partition coefficient (Wildman–Crippen LogP) is 5.34. The van der Waals surface area contributed by atoms with Gasteiger partial charge < -0.3 is 27.2 Å². The van der Waals surface area contributed by atoms with Crippen LogP contribution in [0.4, 0.5) is 9.59 Å². The van der Waals surface area contributed by atoms with Gasteiger partial charge in [0.2, 0.25) is 11.6 Å². The lowest BCUT2D eigenvalue weighted by Crippen LogP contribution is -3.00. The largest absolute Gasteiger partial charge is 1.00 e. The molecule has 1 aromatic heterocycles. The van der Waals surface area contributed by atoms with Gasteiger partial charge >= 0.3 is 12.2 Å². The number of nitrogens with one attached hydrogen (secondary N) is 1. The smallest absolute Gasteiger partial charge is 0.417 e. The molecule has 1 N–H and O–H groups in total. The molecule has 10 heteroatoms. The van der Waals surface area contributed by atoms with Crippen LogP contribution in [0.3, 0.4) is 0 Å². The minimum atomic E-state index is -0.627. The Labute approximate surface area is 283 Å². The van der Waals surface area contributed by atoms with Crippen molar-refractivity contribution in [3.63, 3.8) is 0 Å². The summed E-state index contributed by atoms with van der Waals surface area (Å²) in [6.45, 7) is 7.82. The number of hydrogen-bond acceptors (Lipinski definition) is 6. The van der Waals surface area contributed by atoms with Crippen molar-refractivity contribution in [3.05, 3.63) is 30.1 Å². The number of pyridine rings is 1. The van der Waals surface area contributed by atoms with Crippen molar-refractivity contribution in [2.24, 2.45) is 0 Å². The summed E-state index contributed by atoms with van der Waals surface area (Å²) in [5, 5.41) is 3.21. The van der Waals surface area contributed by atoms with E-state index in [0.717, 1.165) is 36.4 Å². The van der Waals surface area contributed by atoms with Crippen LogP contribution >= 0.6 is 11.8 Å². The molecule has 0 aliphatic carbocycles. The molecule has 1 aromatic rings. The third-order valence-electron chi connectivity index (χ3n) is 8.30. The molecule has 1 aliphatic rings. The summed E-state index contributed by atoms with van der Waals surface area (Å²) in [5.41, 5.74) is 0.866. The van der Waals surface area contributed by atoms with Gasteiger partial charge in [0.15, 0.2) is 6.20 Å². The Morgan fingerprint density at radius 1 is 0.822 bits per heavy atom. The van der Waals surface area contributed by atoms with E-state index >= 15 is 0 Å². The number of amides is 3. The fourth-order valence-electron chi connectivity index (χ4n) is 5.52. The van der Waals surface area contributed by atoms with E-state index in [9.17, 15) is 14.4 Å². The molecule has 258 valence electrons. The lowest BCUT2D eigenvalue weighted by Gasteiger charge is -2.34. The quantitative estimate of drug-likeness (QED) is 0.118. The van der Waals surface area contributed by atoms with Gasteiger partial charge in [-0.2, -0.15) is 0 Å². The maximum Gasteiger partial charge on any atom is 0.417 e. The first-order chi connectivity index (χ1) is 21.4. The maximum atomic E-state index is 12.6. The van der Waals surface area contributed by atoms with Gasteiger partial charge in [0.1, 0.15) is 26.3 Å². The molecule has 0 bridgehead atoms. The number of thioether (sulfide) groups is 1. The van der Waals surface area contributed by atoms with Crippen molar-refractivity contribution in [1.82, 2.24) is 10.2 Å². The first kappa shape index (κ1) is 41.0. The van der Waals surface area contributed by atoms with E-state index < -0.39 is 6.09 Å². The highest BCUT2D eigenvalue weighted by Gasteiger charge is 2.33. The molecule has 3 amide bonds. The van der Waals surface area contributed by atoms with Gasteiger partial charge in [0, 0.05) is 36.1 Å². The zero-order valence-corrected chi connectivity index (χ0v) is 29.8. The number of alkyl carbamates (subject to hydrolysis) is 1. The van der Waals surface area contributed by atoms with Crippen molar-refractivity contribution in [3.8, 4) is 0 Å². The maximum absolute atomic E-state index is 12.6. The van der Waals surface area contributed by atoms with Gasteiger partial charge in [-0.1, -0.05) is 109 Å². The number of unbranched alkanes of at least 4 members (excludes halogenated alkanes) is 15. The summed E-state index contributed by atoms with van der Waals surface area (Å²) in [7, 11) is 0. The molecule has 1 saturated heterocycles. The first-order valence-corrected chi connectivity index (χ1v) is 18.4. The Balaban J connectivity index is 0.0000101. The van der Waals surface area contributed by atoms with Crippen molar-refractivity contribution in [1.29, 1.82) is 0 Å². The van der Waals surface area contributed by atoms with E-state index in [1.54, 1.807) is 11.8 Å². The summed E-state index contributed by atoms with van der Waals surface area (Å²) >= 11 is 1.65. The van der Waals surface area contributed by atoms with Crippen LogP contribution in [0.25, 0.3) is 0 Å². The van der Waals surface area contributed by atoms with Crippen LogP contribution in [0.2, 0.25) is 0 Å². The Morgan fingerprint density at radius 2 is 1.33 bits per heavy atom. The number of halogens is 1. The Kier molecular flexibility index (Phi) is 23.8. The molecule has 0 spiro atoms. The summed E-state index contributed by atoms with van der Waals surface area (Å²) in [6.07, 6.45) is 23.1.